The number of aromatic nitrogens is 2. The molecule has 8 heteroatoms. The van der Waals surface area contributed by atoms with E-state index in [1.165, 1.54) is 4.90 Å². The van der Waals surface area contributed by atoms with E-state index in [0.29, 0.717) is 4.60 Å². The Labute approximate surface area is 147 Å². The van der Waals surface area contributed by atoms with Gasteiger partial charge in [-0.25, -0.2) is 4.79 Å². The van der Waals surface area contributed by atoms with Gasteiger partial charge in [-0.1, -0.05) is 30.3 Å². The maximum atomic E-state index is 12.1. The summed E-state index contributed by atoms with van der Waals surface area (Å²) in [5.41, 5.74) is 0.169. The normalized spacial score (nSPS) is 15.6. The van der Waals surface area contributed by atoms with Crippen LogP contribution in [0, 0.1) is 0 Å². The predicted octanol–water partition coefficient (Wildman–Crippen LogP) is 2.47. The number of carboxylic acids is 1. The molecule has 1 aromatic carbocycles. The number of carbonyl (C=O) groups is 2. The largest absolute Gasteiger partial charge is 0.481 e. The second-order valence-electron chi connectivity index (χ2n) is 5.77. The first-order valence-electron chi connectivity index (χ1n) is 7.38. The molecule has 1 N–H and O–H groups in total. The molecule has 1 saturated heterocycles. The quantitative estimate of drug-likeness (QED) is 0.843. The van der Waals surface area contributed by atoms with E-state index in [1.54, 1.807) is 16.9 Å². The monoisotopic (exact) mass is 393 g/mol. The number of benzene rings is 1. The molecule has 1 aliphatic heterocycles. The molecule has 24 heavy (non-hydrogen) atoms. The fourth-order valence-corrected chi connectivity index (χ4v) is 3.08. The van der Waals surface area contributed by atoms with E-state index >= 15 is 0 Å². The number of amides is 1. The van der Waals surface area contributed by atoms with Crippen LogP contribution in [0.25, 0.3) is 0 Å². The topological polar surface area (TPSA) is 84.7 Å². The average molecular weight is 394 g/mol. The minimum absolute atomic E-state index is 0.108. The van der Waals surface area contributed by atoms with Gasteiger partial charge in [0.2, 0.25) is 0 Å². The standard InChI is InChI=1S/C16H16BrN3O4/c17-13-6-7-20(18-13)16(8-14(21)22)10-19(11-16)15(23)24-9-12-4-2-1-3-5-12/h1-7H,8-11H2,(H,21,22). The number of rotatable bonds is 5. The van der Waals surface area contributed by atoms with Crippen LogP contribution in [0.1, 0.15) is 12.0 Å². The van der Waals surface area contributed by atoms with Crippen molar-refractivity contribution < 1.29 is 19.4 Å². The Morgan fingerprint density at radius 2 is 1.96 bits per heavy atom. The summed E-state index contributed by atoms with van der Waals surface area (Å²) in [7, 11) is 0. The molecule has 0 unspecified atom stereocenters. The number of nitrogens with zero attached hydrogens (tertiary/aromatic N) is 3. The van der Waals surface area contributed by atoms with Gasteiger partial charge in [-0.15, -0.1) is 0 Å². The Bertz CT molecular complexity index is 741. The van der Waals surface area contributed by atoms with Gasteiger partial charge in [-0.2, -0.15) is 5.10 Å². The fourth-order valence-electron chi connectivity index (χ4n) is 2.79. The molecule has 1 amide bonds. The number of carbonyl (C=O) groups excluding carboxylic acids is 1. The predicted molar refractivity (Wildman–Crippen MR) is 88.4 cm³/mol. The maximum absolute atomic E-state index is 12.1. The Morgan fingerprint density at radius 1 is 1.25 bits per heavy atom. The number of aliphatic carboxylic acids is 1. The first-order chi connectivity index (χ1) is 11.5. The molecule has 0 bridgehead atoms. The van der Waals surface area contributed by atoms with Crippen molar-refractivity contribution in [1.29, 1.82) is 0 Å². The van der Waals surface area contributed by atoms with Gasteiger partial charge in [-0.3, -0.25) is 9.48 Å². The molecular weight excluding hydrogens is 378 g/mol. The number of hydrogen-bond acceptors (Lipinski definition) is 4. The Kier molecular flexibility index (Phi) is 4.57. The zero-order chi connectivity index (χ0) is 17.2. The van der Waals surface area contributed by atoms with Crippen molar-refractivity contribution >= 4 is 28.0 Å². The lowest BCUT2D eigenvalue weighted by atomic mass is 9.86. The zero-order valence-electron chi connectivity index (χ0n) is 12.8. The third kappa shape index (κ3) is 3.43. The highest BCUT2D eigenvalue weighted by molar-refractivity contribution is 9.10. The van der Waals surface area contributed by atoms with E-state index in [4.69, 9.17) is 4.74 Å². The molecule has 3 rings (SSSR count). The molecule has 2 heterocycles. The summed E-state index contributed by atoms with van der Waals surface area (Å²) >= 11 is 3.25. The Hall–Kier alpha value is -2.35. The van der Waals surface area contributed by atoms with Gasteiger partial charge in [0.1, 0.15) is 16.7 Å². The molecule has 0 saturated carbocycles. The highest BCUT2D eigenvalue weighted by atomic mass is 79.9. The van der Waals surface area contributed by atoms with Gasteiger partial charge >= 0.3 is 12.1 Å². The molecular formula is C16H16BrN3O4. The summed E-state index contributed by atoms with van der Waals surface area (Å²) in [6.07, 6.45) is 1.15. The second kappa shape index (κ2) is 6.64. The second-order valence-corrected chi connectivity index (χ2v) is 6.59. The van der Waals surface area contributed by atoms with E-state index in [-0.39, 0.29) is 26.1 Å². The van der Waals surface area contributed by atoms with Crippen LogP contribution in [0.3, 0.4) is 0 Å². The first-order valence-corrected chi connectivity index (χ1v) is 8.17. The van der Waals surface area contributed by atoms with E-state index in [0.717, 1.165) is 5.56 Å². The number of hydrogen-bond donors (Lipinski definition) is 1. The minimum Gasteiger partial charge on any atom is -0.481 e. The van der Waals surface area contributed by atoms with Gasteiger partial charge in [0.25, 0.3) is 0 Å². The van der Waals surface area contributed by atoms with Crippen molar-refractivity contribution in [3.63, 3.8) is 0 Å². The average Bonchev–Trinajstić information content (AvgIpc) is 2.95. The lowest BCUT2D eigenvalue weighted by Crippen LogP contribution is -2.65. The molecule has 1 aromatic heterocycles. The van der Waals surface area contributed by atoms with Gasteiger partial charge in [0.15, 0.2) is 0 Å². The van der Waals surface area contributed by atoms with Crippen LogP contribution in [0.5, 0.6) is 0 Å². The van der Waals surface area contributed by atoms with Gasteiger partial charge < -0.3 is 14.7 Å². The molecule has 0 aliphatic carbocycles. The van der Waals surface area contributed by atoms with E-state index in [9.17, 15) is 14.7 Å². The van der Waals surface area contributed by atoms with Crippen LogP contribution in [-0.4, -0.2) is 44.9 Å². The van der Waals surface area contributed by atoms with Crippen molar-refractivity contribution in [2.75, 3.05) is 13.1 Å². The molecule has 0 radical (unpaired) electrons. The highest BCUT2D eigenvalue weighted by Crippen LogP contribution is 2.33. The number of carboxylic acid groups (broad SMARTS) is 1. The summed E-state index contributed by atoms with van der Waals surface area (Å²) in [5, 5.41) is 13.4. The number of likely N-dealkylation sites (tertiary alicyclic amines) is 1. The molecule has 2 aromatic rings. The molecule has 7 nitrogen and oxygen atoms in total. The fraction of sp³-hybridized carbons (Fsp3) is 0.312. The van der Waals surface area contributed by atoms with E-state index < -0.39 is 17.6 Å². The van der Waals surface area contributed by atoms with Crippen LogP contribution in [0.15, 0.2) is 47.2 Å². The van der Waals surface area contributed by atoms with Crippen molar-refractivity contribution in [2.24, 2.45) is 0 Å². The van der Waals surface area contributed by atoms with Crippen molar-refractivity contribution in [3.05, 3.63) is 52.8 Å². The lowest BCUT2D eigenvalue weighted by Gasteiger charge is -2.48. The van der Waals surface area contributed by atoms with Crippen LogP contribution < -0.4 is 0 Å². The van der Waals surface area contributed by atoms with Gasteiger partial charge in [0, 0.05) is 6.20 Å². The lowest BCUT2D eigenvalue weighted by molar-refractivity contribution is -0.142. The van der Waals surface area contributed by atoms with E-state index in [2.05, 4.69) is 21.0 Å². The molecule has 0 spiro atoms. The van der Waals surface area contributed by atoms with Crippen molar-refractivity contribution in [3.8, 4) is 0 Å². The Balaban J connectivity index is 1.62. The first kappa shape index (κ1) is 16.5. The van der Waals surface area contributed by atoms with Gasteiger partial charge in [-0.05, 0) is 27.6 Å². The molecule has 1 fully saturated rings. The van der Waals surface area contributed by atoms with Crippen molar-refractivity contribution in [1.82, 2.24) is 14.7 Å². The van der Waals surface area contributed by atoms with Crippen LogP contribution >= 0.6 is 15.9 Å². The summed E-state index contributed by atoms with van der Waals surface area (Å²) in [6, 6.07) is 11.1. The van der Waals surface area contributed by atoms with Crippen LogP contribution in [-0.2, 0) is 21.7 Å². The third-order valence-electron chi connectivity index (χ3n) is 3.96. The molecule has 0 atom stereocenters. The smallest absolute Gasteiger partial charge is 0.410 e. The molecule has 1 aliphatic rings. The van der Waals surface area contributed by atoms with E-state index in [1.807, 2.05) is 30.3 Å². The number of halogens is 1. The minimum atomic E-state index is -0.932. The molecule has 126 valence electrons. The summed E-state index contributed by atoms with van der Waals surface area (Å²) in [4.78, 5) is 24.8. The number of ether oxygens (including phenoxy) is 1. The SMILES string of the molecule is O=C(O)CC1(n2ccc(Br)n2)CN(C(=O)OCc2ccccc2)C1. The van der Waals surface area contributed by atoms with Gasteiger partial charge in [0.05, 0.1) is 19.5 Å². The maximum Gasteiger partial charge on any atom is 0.410 e. The Morgan fingerprint density at radius 3 is 2.54 bits per heavy atom. The van der Waals surface area contributed by atoms with Crippen LogP contribution in [0.4, 0.5) is 4.79 Å². The summed E-state index contributed by atoms with van der Waals surface area (Å²) < 4.78 is 7.50. The summed E-state index contributed by atoms with van der Waals surface area (Å²) in [5.74, 6) is -0.932. The highest BCUT2D eigenvalue weighted by Gasteiger charge is 2.49. The third-order valence-corrected chi connectivity index (χ3v) is 4.38. The summed E-state index contributed by atoms with van der Waals surface area (Å²) in [6.45, 7) is 0.692. The van der Waals surface area contributed by atoms with Crippen molar-refractivity contribution in [2.45, 2.75) is 18.6 Å². The van der Waals surface area contributed by atoms with Crippen LogP contribution in [0.2, 0.25) is 0 Å². The zero-order valence-corrected chi connectivity index (χ0v) is 14.3.